The fourth-order valence-corrected chi connectivity index (χ4v) is 3.46. The number of carbonyl (C=O) groups excluding carboxylic acids is 2. The van der Waals surface area contributed by atoms with Crippen LogP contribution in [0.25, 0.3) is 0 Å². The maximum atomic E-state index is 13.2. The molecule has 1 aliphatic heterocycles. The quantitative estimate of drug-likeness (QED) is 0.855. The van der Waals surface area contributed by atoms with Crippen LogP contribution in [0.15, 0.2) is 40.8 Å². The lowest BCUT2D eigenvalue weighted by Crippen LogP contribution is -2.47. The Morgan fingerprint density at radius 3 is 2.57 bits per heavy atom. The second-order valence-corrected chi connectivity index (χ2v) is 7.38. The molecular formula is C21H25FN2O4. The summed E-state index contributed by atoms with van der Waals surface area (Å²) in [6, 6.07) is 9.05. The molecular weight excluding hydrogens is 363 g/mol. The Balaban J connectivity index is 1.80. The third-order valence-corrected chi connectivity index (χ3v) is 5.07. The molecule has 7 heteroatoms. The van der Waals surface area contributed by atoms with Crippen molar-refractivity contribution in [1.29, 1.82) is 0 Å². The second kappa shape index (κ2) is 8.56. The van der Waals surface area contributed by atoms with Gasteiger partial charge in [0.15, 0.2) is 5.76 Å². The highest BCUT2D eigenvalue weighted by atomic mass is 19.1. The summed E-state index contributed by atoms with van der Waals surface area (Å²) >= 11 is 0. The molecule has 1 fully saturated rings. The molecule has 1 aromatic carbocycles. The minimum Gasteiger partial charge on any atom is -0.453 e. The summed E-state index contributed by atoms with van der Waals surface area (Å²) in [6.45, 7) is 4.82. The first-order valence-electron chi connectivity index (χ1n) is 9.41. The summed E-state index contributed by atoms with van der Waals surface area (Å²) < 4.78 is 18.6. The van der Waals surface area contributed by atoms with Gasteiger partial charge < -0.3 is 19.3 Å². The van der Waals surface area contributed by atoms with Gasteiger partial charge in [-0.2, -0.15) is 0 Å². The van der Waals surface area contributed by atoms with Gasteiger partial charge in [0.1, 0.15) is 18.2 Å². The first-order chi connectivity index (χ1) is 13.4. The molecule has 150 valence electrons. The molecule has 1 aromatic heterocycles. The van der Waals surface area contributed by atoms with Gasteiger partial charge >= 0.3 is 0 Å². The molecule has 2 amide bonds. The van der Waals surface area contributed by atoms with Crippen molar-refractivity contribution in [3.05, 3.63) is 59.3 Å². The number of amides is 2. The molecule has 3 rings (SSSR count). The lowest BCUT2D eigenvalue weighted by Gasteiger charge is -2.34. The normalized spacial score (nSPS) is 17.9. The zero-order valence-corrected chi connectivity index (χ0v) is 16.1. The highest BCUT2D eigenvalue weighted by Crippen LogP contribution is 2.23. The standard InChI is InChI=1S/C21H25FN2O4/c1-14(2)18-12-23(21(27)19-8-7-17(13-25)28-19)10-9-20(26)24(18)11-15-3-5-16(22)6-4-15/h3-8,14,18,25H,9-13H2,1-2H3/t18-/m1/s1. The van der Waals surface area contributed by atoms with E-state index in [2.05, 4.69) is 0 Å². The highest BCUT2D eigenvalue weighted by molar-refractivity contribution is 5.92. The van der Waals surface area contributed by atoms with Crippen LogP contribution in [-0.2, 0) is 17.9 Å². The molecule has 0 aliphatic carbocycles. The van der Waals surface area contributed by atoms with Crippen LogP contribution >= 0.6 is 0 Å². The van der Waals surface area contributed by atoms with E-state index in [0.29, 0.717) is 25.4 Å². The van der Waals surface area contributed by atoms with Crippen molar-refractivity contribution in [2.45, 2.75) is 39.5 Å². The van der Waals surface area contributed by atoms with Crippen LogP contribution in [0.3, 0.4) is 0 Å². The van der Waals surface area contributed by atoms with E-state index in [-0.39, 0.29) is 48.4 Å². The second-order valence-electron chi connectivity index (χ2n) is 7.38. The van der Waals surface area contributed by atoms with Gasteiger partial charge in [0.25, 0.3) is 5.91 Å². The molecule has 0 bridgehead atoms. The van der Waals surface area contributed by atoms with Crippen LogP contribution in [0.2, 0.25) is 0 Å². The number of hydrogen-bond donors (Lipinski definition) is 1. The molecule has 6 nitrogen and oxygen atoms in total. The Bertz CT molecular complexity index is 831. The van der Waals surface area contributed by atoms with Crippen molar-refractivity contribution >= 4 is 11.8 Å². The molecule has 0 radical (unpaired) electrons. The summed E-state index contributed by atoms with van der Waals surface area (Å²) in [7, 11) is 0. The van der Waals surface area contributed by atoms with Crippen LogP contribution in [0, 0.1) is 11.7 Å². The molecule has 1 aliphatic rings. The predicted octanol–water partition coefficient (Wildman–Crippen LogP) is 2.81. The summed E-state index contributed by atoms with van der Waals surface area (Å²) in [6.07, 6.45) is 0.212. The third kappa shape index (κ3) is 4.42. The summed E-state index contributed by atoms with van der Waals surface area (Å²) in [5.41, 5.74) is 0.846. The van der Waals surface area contributed by atoms with E-state index in [0.717, 1.165) is 5.56 Å². The number of benzene rings is 1. The molecule has 1 atom stereocenters. The molecule has 0 saturated carbocycles. The lowest BCUT2D eigenvalue weighted by atomic mass is 10.0. The van der Waals surface area contributed by atoms with Crippen molar-refractivity contribution in [1.82, 2.24) is 9.80 Å². The SMILES string of the molecule is CC(C)[C@H]1CN(C(=O)c2ccc(CO)o2)CCC(=O)N1Cc1ccc(F)cc1. The number of carbonyl (C=O) groups is 2. The van der Waals surface area contributed by atoms with Gasteiger partial charge in [-0.05, 0) is 35.7 Å². The molecule has 2 heterocycles. The molecule has 0 unspecified atom stereocenters. The average Bonchev–Trinajstić information content (AvgIpc) is 3.10. The van der Waals surface area contributed by atoms with Gasteiger partial charge in [0, 0.05) is 26.1 Å². The maximum Gasteiger partial charge on any atom is 0.289 e. The number of halogens is 1. The maximum absolute atomic E-state index is 13.2. The van der Waals surface area contributed by atoms with Gasteiger partial charge in [-0.3, -0.25) is 9.59 Å². The Hall–Kier alpha value is -2.67. The number of furan rings is 1. The Kier molecular flexibility index (Phi) is 6.14. The van der Waals surface area contributed by atoms with E-state index < -0.39 is 0 Å². The molecule has 0 spiro atoms. The van der Waals surface area contributed by atoms with Gasteiger partial charge in [0.2, 0.25) is 5.91 Å². The summed E-state index contributed by atoms with van der Waals surface area (Å²) in [5.74, 6) is -0.0274. The highest BCUT2D eigenvalue weighted by Gasteiger charge is 2.34. The predicted molar refractivity (Wildman–Crippen MR) is 101 cm³/mol. The van der Waals surface area contributed by atoms with Crippen molar-refractivity contribution < 1.29 is 23.5 Å². The summed E-state index contributed by atoms with van der Waals surface area (Å²) in [5, 5.41) is 9.14. The topological polar surface area (TPSA) is 74.0 Å². The van der Waals surface area contributed by atoms with Gasteiger partial charge in [-0.15, -0.1) is 0 Å². The van der Waals surface area contributed by atoms with Crippen molar-refractivity contribution in [2.24, 2.45) is 5.92 Å². The van der Waals surface area contributed by atoms with E-state index in [4.69, 9.17) is 9.52 Å². The van der Waals surface area contributed by atoms with E-state index in [9.17, 15) is 14.0 Å². The van der Waals surface area contributed by atoms with Crippen LogP contribution < -0.4 is 0 Å². The number of rotatable bonds is 5. The fourth-order valence-electron chi connectivity index (χ4n) is 3.46. The lowest BCUT2D eigenvalue weighted by molar-refractivity contribution is -0.134. The average molecular weight is 388 g/mol. The molecule has 2 aromatic rings. The number of hydrogen-bond acceptors (Lipinski definition) is 4. The van der Waals surface area contributed by atoms with Crippen LogP contribution in [0.5, 0.6) is 0 Å². The van der Waals surface area contributed by atoms with E-state index in [1.807, 2.05) is 13.8 Å². The van der Waals surface area contributed by atoms with E-state index >= 15 is 0 Å². The largest absolute Gasteiger partial charge is 0.453 e. The number of nitrogens with zero attached hydrogens (tertiary/aromatic N) is 2. The Morgan fingerprint density at radius 1 is 1.25 bits per heavy atom. The summed E-state index contributed by atoms with van der Waals surface area (Å²) in [4.78, 5) is 29.1. The van der Waals surface area contributed by atoms with Crippen molar-refractivity contribution in [2.75, 3.05) is 13.1 Å². The van der Waals surface area contributed by atoms with Crippen molar-refractivity contribution in [3.8, 4) is 0 Å². The smallest absolute Gasteiger partial charge is 0.289 e. The molecule has 1 saturated heterocycles. The van der Waals surface area contributed by atoms with Crippen LogP contribution in [-0.4, -0.2) is 45.9 Å². The van der Waals surface area contributed by atoms with Gasteiger partial charge in [0.05, 0.1) is 6.04 Å². The van der Waals surface area contributed by atoms with E-state index in [1.165, 1.54) is 12.1 Å². The minimum absolute atomic E-state index is 0.0335. The third-order valence-electron chi connectivity index (χ3n) is 5.07. The zero-order valence-electron chi connectivity index (χ0n) is 16.1. The van der Waals surface area contributed by atoms with Crippen molar-refractivity contribution in [3.63, 3.8) is 0 Å². The Labute approximate surface area is 163 Å². The monoisotopic (exact) mass is 388 g/mol. The fraction of sp³-hybridized carbons (Fsp3) is 0.429. The van der Waals surface area contributed by atoms with Gasteiger partial charge in [-0.1, -0.05) is 26.0 Å². The number of aliphatic hydroxyl groups is 1. The zero-order chi connectivity index (χ0) is 20.3. The first-order valence-corrected chi connectivity index (χ1v) is 9.41. The minimum atomic E-state index is -0.316. The first kappa shape index (κ1) is 20.1. The van der Waals surface area contributed by atoms with E-state index in [1.54, 1.807) is 34.1 Å². The van der Waals surface area contributed by atoms with Crippen LogP contribution in [0.1, 0.15) is 42.1 Å². The molecule has 28 heavy (non-hydrogen) atoms. The van der Waals surface area contributed by atoms with Gasteiger partial charge in [-0.25, -0.2) is 4.39 Å². The molecule has 1 N–H and O–H groups in total. The number of aliphatic hydroxyl groups excluding tert-OH is 1. The van der Waals surface area contributed by atoms with Crippen LogP contribution in [0.4, 0.5) is 4.39 Å². The Morgan fingerprint density at radius 2 is 1.96 bits per heavy atom.